The van der Waals surface area contributed by atoms with Crippen molar-refractivity contribution in [2.45, 2.75) is 85.7 Å². The zero-order chi connectivity index (χ0) is 37.9. The number of esters is 1. The van der Waals surface area contributed by atoms with Crippen molar-refractivity contribution in [2.24, 2.45) is 0 Å². The van der Waals surface area contributed by atoms with Gasteiger partial charge in [0.1, 0.15) is 28.1 Å². The summed E-state index contributed by atoms with van der Waals surface area (Å²) in [6.45, 7) is 19.9. The number of ether oxygens (including phenoxy) is 2. The molecular formula is C38H47N5O7Si. The second-order valence-corrected chi connectivity index (χ2v) is 19.6. The first-order valence-electron chi connectivity index (χ1n) is 16.6. The molecule has 2 N–H and O–H groups in total. The van der Waals surface area contributed by atoms with Gasteiger partial charge in [0.15, 0.2) is 0 Å². The fourth-order valence-electron chi connectivity index (χ4n) is 4.98. The number of aromatic nitrogens is 3. The van der Waals surface area contributed by atoms with Crippen LogP contribution >= 0.6 is 0 Å². The summed E-state index contributed by atoms with van der Waals surface area (Å²) in [7, 11) is -0.812. The van der Waals surface area contributed by atoms with Crippen LogP contribution in [-0.2, 0) is 20.8 Å². The lowest BCUT2D eigenvalue weighted by atomic mass is 9.98. The topological polar surface area (TPSA) is 151 Å². The Morgan fingerprint density at radius 1 is 0.902 bits per heavy atom. The van der Waals surface area contributed by atoms with Gasteiger partial charge in [-0.1, -0.05) is 44.2 Å². The Balaban J connectivity index is 1.49. The van der Waals surface area contributed by atoms with E-state index >= 15 is 0 Å². The Morgan fingerprint density at radius 2 is 1.57 bits per heavy atom. The zero-order valence-corrected chi connectivity index (χ0v) is 32.2. The van der Waals surface area contributed by atoms with Crippen LogP contribution < -0.4 is 15.1 Å². The molecule has 2 amide bonds. The van der Waals surface area contributed by atoms with Crippen LogP contribution in [0, 0.1) is 13.8 Å². The number of nitrogens with zero attached hydrogens (tertiary/aromatic N) is 3. The minimum absolute atomic E-state index is 0.0529. The van der Waals surface area contributed by atoms with Crippen LogP contribution in [0.4, 0.5) is 4.79 Å². The molecule has 4 aromatic rings. The van der Waals surface area contributed by atoms with E-state index in [9.17, 15) is 19.2 Å². The van der Waals surface area contributed by atoms with E-state index in [1.54, 1.807) is 65.0 Å². The van der Waals surface area contributed by atoms with Gasteiger partial charge in [0, 0.05) is 17.7 Å². The number of methoxy groups -OCH3 is 1. The molecule has 0 unspecified atom stereocenters. The van der Waals surface area contributed by atoms with E-state index in [1.807, 2.05) is 24.3 Å². The average molecular weight is 714 g/mol. The van der Waals surface area contributed by atoms with Crippen LogP contribution in [0.5, 0.6) is 5.75 Å². The SMILES string of the molecule is COC(=O)C(=Cc1ccc2c(c1)nnn2C(=O)OC(C)(C)C)NC(=O)c1c(C)cc(C(=O)NCc2cccc(O[Si](C)(C)C(C)(C)C)c2)cc1C. The highest BCUT2D eigenvalue weighted by Crippen LogP contribution is 2.37. The molecule has 51 heavy (non-hydrogen) atoms. The smallest absolute Gasteiger partial charge is 0.437 e. The predicted octanol–water partition coefficient (Wildman–Crippen LogP) is 7.09. The molecule has 0 aliphatic rings. The lowest BCUT2D eigenvalue weighted by Crippen LogP contribution is -2.43. The number of fused-ring (bicyclic) bond motifs is 1. The number of aryl methyl sites for hydroxylation is 2. The third-order valence-electron chi connectivity index (χ3n) is 8.55. The van der Waals surface area contributed by atoms with Crippen molar-refractivity contribution in [1.82, 2.24) is 25.6 Å². The number of carbonyl (C=O) groups is 4. The molecule has 1 aromatic heterocycles. The van der Waals surface area contributed by atoms with Crippen molar-refractivity contribution in [3.8, 4) is 5.75 Å². The highest BCUT2D eigenvalue weighted by Gasteiger charge is 2.39. The number of carbonyl (C=O) groups excluding carboxylic acids is 4. The van der Waals surface area contributed by atoms with Crippen LogP contribution in [0.1, 0.15) is 84.5 Å². The van der Waals surface area contributed by atoms with Crippen molar-refractivity contribution in [2.75, 3.05) is 7.11 Å². The highest BCUT2D eigenvalue weighted by atomic mass is 28.4. The largest absolute Gasteiger partial charge is 0.543 e. The molecular weight excluding hydrogens is 667 g/mol. The van der Waals surface area contributed by atoms with E-state index in [0.717, 1.165) is 16.0 Å². The Morgan fingerprint density at radius 3 is 2.18 bits per heavy atom. The Hall–Kier alpha value is -5.30. The summed E-state index contributed by atoms with van der Waals surface area (Å²) in [5.74, 6) is -0.838. The summed E-state index contributed by atoms with van der Waals surface area (Å²) >= 11 is 0. The first kappa shape index (κ1) is 38.5. The van der Waals surface area contributed by atoms with Gasteiger partial charge in [0.2, 0.25) is 8.32 Å². The normalized spacial score (nSPS) is 12.3. The number of amides is 2. The van der Waals surface area contributed by atoms with Crippen LogP contribution in [0.3, 0.4) is 0 Å². The Bertz CT molecular complexity index is 2000. The fourth-order valence-corrected chi connectivity index (χ4v) is 6.00. The van der Waals surface area contributed by atoms with E-state index in [4.69, 9.17) is 13.9 Å². The van der Waals surface area contributed by atoms with Gasteiger partial charge in [0.05, 0.1) is 7.11 Å². The highest BCUT2D eigenvalue weighted by molar-refractivity contribution is 6.74. The van der Waals surface area contributed by atoms with Crippen molar-refractivity contribution < 1.29 is 33.1 Å². The van der Waals surface area contributed by atoms with Crippen LogP contribution in [0.2, 0.25) is 18.1 Å². The average Bonchev–Trinajstić information content (AvgIpc) is 3.45. The van der Waals surface area contributed by atoms with Gasteiger partial charge >= 0.3 is 12.1 Å². The Labute approximate surface area is 299 Å². The summed E-state index contributed by atoms with van der Waals surface area (Å²) in [6.07, 6.45) is 0.761. The number of hydrogen-bond acceptors (Lipinski definition) is 9. The minimum atomic E-state index is -2.02. The van der Waals surface area contributed by atoms with Crippen LogP contribution in [0.25, 0.3) is 17.1 Å². The fraction of sp³-hybridized carbons (Fsp3) is 0.368. The maximum Gasteiger partial charge on any atom is 0.437 e. The molecule has 0 atom stereocenters. The molecule has 13 heteroatoms. The summed E-state index contributed by atoms with van der Waals surface area (Å²) in [4.78, 5) is 52.1. The molecule has 0 aliphatic carbocycles. The number of rotatable bonds is 9. The minimum Gasteiger partial charge on any atom is -0.543 e. The molecule has 0 radical (unpaired) electrons. The first-order chi connectivity index (χ1) is 23.7. The molecule has 3 aromatic carbocycles. The van der Waals surface area contributed by atoms with Gasteiger partial charge in [-0.2, -0.15) is 0 Å². The Kier molecular flexibility index (Phi) is 11.2. The molecule has 4 rings (SSSR count). The maximum absolute atomic E-state index is 13.6. The molecule has 0 bridgehead atoms. The molecule has 1 heterocycles. The second kappa shape index (κ2) is 14.9. The molecule has 12 nitrogen and oxygen atoms in total. The molecule has 0 spiro atoms. The van der Waals surface area contributed by atoms with E-state index in [2.05, 4.69) is 54.8 Å². The summed E-state index contributed by atoms with van der Waals surface area (Å²) < 4.78 is 17.8. The van der Waals surface area contributed by atoms with Crippen LogP contribution in [0.15, 0.2) is 60.3 Å². The second-order valence-electron chi connectivity index (χ2n) is 14.9. The number of benzene rings is 3. The van der Waals surface area contributed by atoms with Crippen molar-refractivity contribution >= 4 is 49.3 Å². The summed E-state index contributed by atoms with van der Waals surface area (Å²) in [5, 5.41) is 13.6. The third-order valence-corrected chi connectivity index (χ3v) is 12.9. The van der Waals surface area contributed by atoms with Crippen LogP contribution in [-0.4, -0.2) is 59.9 Å². The van der Waals surface area contributed by atoms with Crippen molar-refractivity contribution in [3.63, 3.8) is 0 Å². The van der Waals surface area contributed by atoms with E-state index in [-0.39, 0.29) is 16.6 Å². The molecule has 0 saturated carbocycles. The van der Waals surface area contributed by atoms with Gasteiger partial charge < -0.3 is 24.5 Å². The van der Waals surface area contributed by atoms with Gasteiger partial charge in [-0.15, -0.1) is 9.78 Å². The molecule has 270 valence electrons. The standard InChI is InChI=1S/C38H47N5O7Si/c1-23-17-27(33(44)39-22-26-13-12-14-28(19-26)50-51(10,11)38(6,7)8)18-24(2)32(23)34(45)40-30(35(46)48-9)21-25-15-16-31-29(20-25)41-42-43(31)36(47)49-37(3,4)5/h12-21H,22H2,1-11H3,(H,39,44)(H,40,45). The lowest BCUT2D eigenvalue weighted by Gasteiger charge is -2.36. The first-order valence-corrected chi connectivity index (χ1v) is 19.5. The van der Waals surface area contributed by atoms with Gasteiger partial charge in [0.25, 0.3) is 11.8 Å². The number of hydrogen-bond donors (Lipinski definition) is 2. The predicted molar refractivity (Wildman–Crippen MR) is 198 cm³/mol. The van der Waals surface area contributed by atoms with E-state index < -0.39 is 31.9 Å². The molecule has 0 saturated heterocycles. The van der Waals surface area contributed by atoms with Gasteiger partial charge in [-0.25, -0.2) is 9.59 Å². The lowest BCUT2D eigenvalue weighted by molar-refractivity contribution is -0.136. The summed E-state index contributed by atoms with van der Waals surface area (Å²) in [6, 6.07) is 15.9. The monoisotopic (exact) mass is 713 g/mol. The quantitative estimate of drug-likeness (QED) is 0.105. The van der Waals surface area contributed by atoms with E-state index in [1.165, 1.54) is 13.2 Å². The molecule has 0 fully saturated rings. The van der Waals surface area contributed by atoms with Crippen molar-refractivity contribution in [1.29, 1.82) is 0 Å². The molecule has 0 aliphatic heterocycles. The third kappa shape index (κ3) is 9.48. The zero-order valence-electron chi connectivity index (χ0n) is 31.2. The van der Waals surface area contributed by atoms with Crippen molar-refractivity contribution in [3.05, 3.63) is 93.7 Å². The summed E-state index contributed by atoms with van der Waals surface area (Å²) in [5.41, 5.74) is 3.14. The number of nitrogens with one attached hydrogen (secondary N) is 2. The van der Waals surface area contributed by atoms with Gasteiger partial charge in [-0.05, 0) is 117 Å². The maximum atomic E-state index is 13.6. The van der Waals surface area contributed by atoms with Gasteiger partial charge in [-0.3, -0.25) is 9.59 Å². The van der Waals surface area contributed by atoms with E-state index in [0.29, 0.717) is 45.4 Å².